The number of carbonyl (C=O) groups excluding carboxylic acids is 4. The number of nitrogens with zero attached hydrogens (tertiary/aromatic N) is 2. The number of halogens is 1. The molecule has 16 nitrogen and oxygen atoms in total. The number of aliphatic carboxylic acids is 1. The van der Waals surface area contributed by atoms with Gasteiger partial charge < -0.3 is 49.4 Å². The van der Waals surface area contributed by atoms with Crippen LogP contribution in [0.1, 0.15) is 52.5 Å². The fourth-order valence-corrected chi connectivity index (χ4v) is 9.18. The van der Waals surface area contributed by atoms with Crippen LogP contribution in [0.25, 0.3) is 0 Å². The molecule has 2 saturated heterocycles. The Morgan fingerprint density at radius 2 is 1.93 bits per heavy atom. The lowest BCUT2D eigenvalue weighted by molar-refractivity contribution is -0.162. The van der Waals surface area contributed by atoms with Crippen LogP contribution in [0, 0.1) is 5.92 Å². The van der Waals surface area contributed by atoms with E-state index in [4.69, 9.17) is 46.1 Å². The monoisotopic (exact) mass is 856 g/mol. The predicted octanol–water partition coefficient (Wildman–Crippen LogP) is 3.70. The van der Waals surface area contributed by atoms with Gasteiger partial charge in [-0.3, -0.25) is 19.7 Å². The van der Waals surface area contributed by atoms with Crippen molar-refractivity contribution in [3.8, 4) is 5.75 Å². The normalized spacial score (nSPS) is 30.3. The molecule has 0 saturated carbocycles. The maximum Gasteiger partial charge on any atom is 0.409 e. The van der Waals surface area contributed by atoms with Crippen molar-refractivity contribution in [1.29, 1.82) is 0 Å². The average molecular weight is 857 g/mol. The van der Waals surface area contributed by atoms with Crippen molar-refractivity contribution in [1.82, 2.24) is 10.2 Å². The first-order valence-electron chi connectivity index (χ1n) is 18.3. The average Bonchev–Trinajstić information content (AvgIpc) is 3.86. The summed E-state index contributed by atoms with van der Waals surface area (Å²) < 4.78 is 29.2. The van der Waals surface area contributed by atoms with Gasteiger partial charge in [0.25, 0.3) is 0 Å². The molecule has 3 heterocycles. The minimum absolute atomic E-state index is 0.0564. The molecule has 9 atom stereocenters. The molecule has 57 heavy (non-hydrogen) atoms. The van der Waals surface area contributed by atoms with E-state index in [1.807, 2.05) is 13.0 Å². The molecule has 0 spiro atoms. The number of carboxylic acids is 1. The van der Waals surface area contributed by atoms with Gasteiger partial charge in [-0.05, 0) is 44.9 Å². The number of likely N-dealkylation sites (N-methyl/N-ethyl adjacent to an activating group) is 1. The third kappa shape index (κ3) is 11.2. The summed E-state index contributed by atoms with van der Waals surface area (Å²) in [6.07, 6.45) is 0.676. The molecule has 0 radical (unpaired) electrons. The quantitative estimate of drug-likeness (QED) is 0.102. The largest absolute Gasteiger partial charge is 0.495 e. The zero-order chi connectivity index (χ0) is 42.4. The number of hydrogen-bond donors (Lipinski definition) is 4. The smallest absolute Gasteiger partial charge is 0.409 e. The van der Waals surface area contributed by atoms with Crippen molar-refractivity contribution in [3.05, 3.63) is 46.5 Å². The number of carboxylic acid groups (broad SMARTS) is 1. The van der Waals surface area contributed by atoms with Crippen LogP contribution in [0.2, 0.25) is 5.02 Å². The van der Waals surface area contributed by atoms with Gasteiger partial charge in [0.15, 0.2) is 5.72 Å². The number of carbonyl (C=O) groups is 5. The van der Waals surface area contributed by atoms with Gasteiger partial charge in [-0.15, -0.1) is 0 Å². The molecule has 2 fully saturated rings. The number of methoxy groups -OCH3 is 2. The third-order valence-corrected chi connectivity index (χ3v) is 13.4. The third-order valence-electron chi connectivity index (χ3n) is 10.6. The second-order valence-electron chi connectivity index (χ2n) is 14.7. The van der Waals surface area contributed by atoms with E-state index in [-0.39, 0.29) is 35.9 Å². The summed E-state index contributed by atoms with van der Waals surface area (Å²) in [5, 5.41) is 23.4. The Balaban J connectivity index is 1.64. The second-order valence-corrected chi connectivity index (χ2v) is 17.7. The van der Waals surface area contributed by atoms with Crippen LogP contribution in [0.15, 0.2) is 35.9 Å². The number of allylic oxidation sites excluding steroid dienone is 3. The van der Waals surface area contributed by atoms with Crippen molar-refractivity contribution in [2.45, 2.75) is 101 Å². The lowest BCUT2D eigenvalue weighted by Gasteiger charge is -2.42. The van der Waals surface area contributed by atoms with E-state index in [2.05, 4.69) is 5.32 Å². The second kappa shape index (κ2) is 19.5. The molecule has 3 amide bonds. The first kappa shape index (κ1) is 46.2. The lowest BCUT2D eigenvalue weighted by atomic mass is 9.83. The topological polar surface area (TPSA) is 220 Å². The molecule has 0 unspecified atom stereocenters. The number of amides is 3. The molecule has 0 aromatic heterocycles. The molecule has 1 aromatic rings. The first-order chi connectivity index (χ1) is 26.8. The number of anilines is 1. The Kier molecular flexibility index (Phi) is 15.8. The van der Waals surface area contributed by atoms with Crippen LogP contribution in [0.4, 0.5) is 10.5 Å². The van der Waals surface area contributed by atoms with Gasteiger partial charge in [-0.25, -0.2) is 9.59 Å². The number of nitrogens with one attached hydrogen (secondary N) is 1. The molecular formula is C38H53ClN4O12S2. The number of epoxide rings is 1. The van der Waals surface area contributed by atoms with E-state index in [0.717, 1.165) is 11.1 Å². The number of alkyl carbamates (subject to hydrolysis) is 1. The van der Waals surface area contributed by atoms with Crippen molar-refractivity contribution in [2.24, 2.45) is 11.7 Å². The maximum absolute atomic E-state index is 14.2. The molecule has 0 aliphatic carbocycles. The van der Waals surface area contributed by atoms with E-state index >= 15 is 0 Å². The Bertz CT molecular complexity index is 1750. The van der Waals surface area contributed by atoms with E-state index in [1.165, 1.54) is 59.6 Å². The number of esters is 1. The number of fused-ring (bicyclic) bond motifs is 5. The fraction of sp³-hybridized carbons (Fsp3) is 0.605. The van der Waals surface area contributed by atoms with Gasteiger partial charge in [0, 0.05) is 51.5 Å². The zero-order valence-electron chi connectivity index (χ0n) is 33.3. The summed E-state index contributed by atoms with van der Waals surface area (Å²) in [4.78, 5) is 67.5. The number of hydrogen-bond acceptors (Lipinski definition) is 14. The molecule has 5 N–H and O–H groups in total. The molecule has 4 rings (SSSR count). The standard InChI is InChI=1S/C38H53ClN4O12S2/c1-20-10-9-11-28(52-8)38(50)18-27(53-36(49)41-38)21(2)33-37(4,55-33)29(17-31(45)43(6)25-15-23(14-20)16-26(51-7)32(25)39)54-35(48)22(3)42(5)30(44)12-13-56-57-19-24(40)34(46)47/h9-11,15-16,21-22,24,27-29,33,50H,12-14,17-19,40H2,1-8H3,(H,41,49)(H,46,47)/b11-9+,20-10+/t21-,22+,24+,27+,28-,29+,33+,37+,38+/m1/s1. The fourth-order valence-electron chi connectivity index (χ4n) is 6.78. The molecule has 19 heteroatoms. The van der Waals surface area contributed by atoms with E-state index in [0.29, 0.717) is 23.6 Å². The maximum atomic E-state index is 14.2. The van der Waals surface area contributed by atoms with Crippen molar-refractivity contribution < 1.29 is 57.9 Å². The van der Waals surface area contributed by atoms with Gasteiger partial charge in [0.05, 0.1) is 25.3 Å². The van der Waals surface area contributed by atoms with Crippen LogP contribution in [-0.4, -0.2) is 133 Å². The highest BCUT2D eigenvalue weighted by Gasteiger charge is 2.64. The lowest BCUT2D eigenvalue weighted by Crippen LogP contribution is -2.63. The number of aliphatic hydroxyl groups is 1. The van der Waals surface area contributed by atoms with Crippen molar-refractivity contribution in [3.63, 3.8) is 0 Å². The minimum Gasteiger partial charge on any atom is -0.495 e. The predicted molar refractivity (Wildman–Crippen MR) is 216 cm³/mol. The molecule has 4 bridgehead atoms. The van der Waals surface area contributed by atoms with Crippen LogP contribution in [-0.2, 0) is 44.5 Å². The number of benzene rings is 1. The number of ether oxygens (including phenoxy) is 5. The molecular weight excluding hydrogens is 804 g/mol. The van der Waals surface area contributed by atoms with Crippen LogP contribution >= 0.6 is 33.2 Å². The highest BCUT2D eigenvalue weighted by atomic mass is 35.5. The van der Waals surface area contributed by atoms with E-state index in [9.17, 15) is 29.1 Å². The van der Waals surface area contributed by atoms with E-state index < -0.39 is 77.7 Å². The highest BCUT2D eigenvalue weighted by molar-refractivity contribution is 8.76. The van der Waals surface area contributed by atoms with E-state index in [1.54, 1.807) is 45.2 Å². The molecule has 1 aromatic carbocycles. The Labute approximate surface area is 345 Å². The van der Waals surface area contributed by atoms with Gasteiger partial charge in [-0.1, -0.05) is 63.9 Å². The van der Waals surface area contributed by atoms with Crippen LogP contribution in [0.5, 0.6) is 5.75 Å². The highest BCUT2D eigenvalue weighted by Crippen LogP contribution is 2.49. The number of nitrogens with two attached hydrogens (primary N) is 1. The van der Waals surface area contributed by atoms with Gasteiger partial charge in [0.1, 0.15) is 46.8 Å². The summed E-state index contributed by atoms with van der Waals surface area (Å²) in [5.41, 5.74) is 4.47. The first-order valence-corrected chi connectivity index (χ1v) is 21.2. The Morgan fingerprint density at radius 3 is 2.58 bits per heavy atom. The summed E-state index contributed by atoms with van der Waals surface area (Å²) in [7, 11) is 8.43. The summed E-state index contributed by atoms with van der Waals surface area (Å²) in [6, 6.07) is 1.46. The minimum atomic E-state index is -1.85. The Morgan fingerprint density at radius 1 is 1.23 bits per heavy atom. The zero-order valence-corrected chi connectivity index (χ0v) is 35.7. The van der Waals surface area contributed by atoms with Gasteiger partial charge in [-0.2, -0.15) is 0 Å². The summed E-state index contributed by atoms with van der Waals surface area (Å²) >= 11 is 6.76. The van der Waals surface area contributed by atoms with Crippen LogP contribution < -0.4 is 20.7 Å². The Hall–Kier alpha value is -3.52. The van der Waals surface area contributed by atoms with Crippen LogP contribution in [0.3, 0.4) is 0 Å². The summed E-state index contributed by atoms with van der Waals surface area (Å²) in [6.45, 7) is 6.88. The molecule has 316 valence electrons. The molecule has 3 aliphatic heterocycles. The van der Waals surface area contributed by atoms with Gasteiger partial charge in [0.2, 0.25) is 11.8 Å². The summed E-state index contributed by atoms with van der Waals surface area (Å²) in [5.74, 6) is -2.44. The van der Waals surface area contributed by atoms with Crippen molar-refractivity contribution >= 4 is 68.7 Å². The molecule has 3 aliphatic rings. The number of rotatable bonds is 12. The van der Waals surface area contributed by atoms with Crippen molar-refractivity contribution in [2.75, 3.05) is 44.7 Å². The van der Waals surface area contributed by atoms with Gasteiger partial charge >= 0.3 is 18.0 Å². The SMILES string of the molecule is COc1cc2cc(c1Cl)N(C)C(=O)C[C@H](OC(=O)[C@H](C)N(C)C(=O)CCSSC[C@H](N)C(=O)O)[C@]1(C)O[C@H]1[C@H](C)[C@@H]1C[C@@](O)(NC(=O)O1)[C@H](OC)/C=C/C=C(\C)C2.